The summed E-state index contributed by atoms with van der Waals surface area (Å²) in [7, 11) is 0. The zero-order valence-electron chi connectivity index (χ0n) is 17.5. The van der Waals surface area contributed by atoms with Gasteiger partial charge in [0.25, 0.3) is 0 Å². The van der Waals surface area contributed by atoms with Crippen LogP contribution in [0.15, 0.2) is 67.0 Å². The minimum atomic E-state index is 0.115. The van der Waals surface area contributed by atoms with Crippen molar-refractivity contribution in [2.24, 2.45) is 0 Å². The molecule has 2 aromatic heterocycles. The van der Waals surface area contributed by atoms with E-state index >= 15 is 0 Å². The Labute approximate surface area is 190 Å². The molecule has 0 unspecified atom stereocenters. The lowest BCUT2D eigenvalue weighted by molar-refractivity contribution is 0.0993. The van der Waals surface area contributed by atoms with Crippen LogP contribution in [0.25, 0.3) is 10.2 Å². The van der Waals surface area contributed by atoms with Crippen LogP contribution in [-0.2, 0) is 6.42 Å². The average Bonchev–Trinajstić information content (AvgIpc) is 3.50. The lowest BCUT2D eigenvalue weighted by atomic mass is 10.0. The minimum Gasteiger partial charge on any atom is -0.339 e. The third-order valence-corrected chi connectivity index (χ3v) is 6.46. The number of hydrogen-bond acceptors (Lipinski definition) is 6. The maximum Gasteiger partial charge on any atom is 0.167 e. The van der Waals surface area contributed by atoms with Crippen LogP contribution < -0.4 is 10.6 Å². The standard InChI is InChI=1S/C26H22N4OS/c31-24(19-5-2-1-3-6-19)15-18-8-10-21(11-9-18)30-26-25-23(28-17-29-26)16-22(32-25)13-12-20-7-4-14-27-20/h1-3,5-6,8-11,16-17,20,27H,4,7,14-15H2,(H,28,29,30)/t20-/m1/s1. The number of ketones is 1. The first kappa shape index (κ1) is 20.4. The molecule has 6 heteroatoms. The van der Waals surface area contributed by atoms with E-state index in [4.69, 9.17) is 0 Å². The van der Waals surface area contributed by atoms with Gasteiger partial charge in [-0.05, 0) is 43.1 Å². The highest BCUT2D eigenvalue weighted by Crippen LogP contribution is 2.30. The number of fused-ring (bicyclic) bond motifs is 1. The van der Waals surface area contributed by atoms with Gasteiger partial charge in [-0.25, -0.2) is 9.97 Å². The molecule has 1 fully saturated rings. The molecule has 4 aromatic rings. The monoisotopic (exact) mass is 438 g/mol. The third kappa shape index (κ3) is 4.70. The molecule has 1 aliphatic heterocycles. The first-order valence-corrected chi connectivity index (χ1v) is 11.5. The van der Waals surface area contributed by atoms with Gasteiger partial charge in [0.2, 0.25) is 0 Å². The van der Waals surface area contributed by atoms with E-state index in [1.54, 1.807) is 17.7 Å². The van der Waals surface area contributed by atoms with E-state index in [2.05, 4.69) is 32.4 Å². The van der Waals surface area contributed by atoms with Crippen molar-refractivity contribution in [1.82, 2.24) is 15.3 Å². The van der Waals surface area contributed by atoms with Gasteiger partial charge in [-0.1, -0.05) is 54.3 Å². The molecule has 158 valence electrons. The Morgan fingerprint density at radius 1 is 1.12 bits per heavy atom. The number of anilines is 2. The summed E-state index contributed by atoms with van der Waals surface area (Å²) in [6.45, 7) is 1.05. The Kier molecular flexibility index (Phi) is 5.93. The third-order valence-electron chi connectivity index (χ3n) is 5.42. The second-order valence-corrected chi connectivity index (χ2v) is 8.81. The zero-order chi connectivity index (χ0) is 21.8. The van der Waals surface area contributed by atoms with Crippen LogP contribution in [0.4, 0.5) is 11.5 Å². The summed E-state index contributed by atoms with van der Waals surface area (Å²) < 4.78 is 0.986. The van der Waals surface area contributed by atoms with Gasteiger partial charge in [-0.2, -0.15) is 0 Å². The van der Waals surface area contributed by atoms with Crippen molar-refractivity contribution >= 4 is 38.8 Å². The fraction of sp³-hybridized carbons (Fsp3) is 0.192. The number of thiophene rings is 1. The molecular weight excluding hydrogens is 416 g/mol. The van der Waals surface area contributed by atoms with Crippen LogP contribution in [0.5, 0.6) is 0 Å². The summed E-state index contributed by atoms with van der Waals surface area (Å²) in [5.41, 5.74) is 3.52. The summed E-state index contributed by atoms with van der Waals surface area (Å²) in [6, 6.07) is 19.6. The number of aromatic nitrogens is 2. The van der Waals surface area contributed by atoms with Gasteiger partial charge in [0.1, 0.15) is 6.33 Å². The Morgan fingerprint density at radius 3 is 2.75 bits per heavy atom. The molecule has 0 amide bonds. The van der Waals surface area contributed by atoms with Gasteiger partial charge in [-0.3, -0.25) is 4.79 Å². The minimum absolute atomic E-state index is 0.115. The molecule has 0 radical (unpaired) electrons. The van der Waals surface area contributed by atoms with Gasteiger partial charge in [-0.15, -0.1) is 11.3 Å². The molecule has 0 saturated carbocycles. The summed E-state index contributed by atoms with van der Waals surface area (Å²) in [5, 5.41) is 6.78. The Bertz CT molecular complexity index is 1300. The largest absolute Gasteiger partial charge is 0.339 e. The number of hydrogen-bond donors (Lipinski definition) is 2. The van der Waals surface area contributed by atoms with Gasteiger partial charge in [0.05, 0.1) is 21.1 Å². The highest BCUT2D eigenvalue weighted by atomic mass is 32.1. The molecule has 0 bridgehead atoms. The van der Waals surface area contributed by atoms with E-state index in [9.17, 15) is 4.79 Å². The maximum absolute atomic E-state index is 12.4. The molecule has 2 aromatic carbocycles. The molecule has 0 aliphatic carbocycles. The highest BCUT2D eigenvalue weighted by molar-refractivity contribution is 7.20. The molecule has 2 N–H and O–H groups in total. The van der Waals surface area contributed by atoms with Gasteiger partial charge >= 0.3 is 0 Å². The molecule has 0 spiro atoms. The lowest BCUT2D eigenvalue weighted by Crippen LogP contribution is -2.18. The van der Waals surface area contributed by atoms with Crippen molar-refractivity contribution in [3.63, 3.8) is 0 Å². The number of nitrogens with one attached hydrogen (secondary N) is 2. The number of nitrogens with zero attached hydrogens (tertiary/aromatic N) is 2. The van der Waals surface area contributed by atoms with Crippen LogP contribution in [0.2, 0.25) is 0 Å². The van der Waals surface area contributed by atoms with Crippen LogP contribution in [0, 0.1) is 11.8 Å². The molecule has 5 nitrogen and oxygen atoms in total. The Morgan fingerprint density at radius 2 is 1.97 bits per heavy atom. The van der Waals surface area contributed by atoms with Crippen LogP contribution in [-0.4, -0.2) is 28.3 Å². The Hall–Kier alpha value is -3.53. The van der Waals surface area contributed by atoms with Crippen LogP contribution in [0.3, 0.4) is 0 Å². The van der Waals surface area contributed by atoms with Crippen molar-refractivity contribution in [1.29, 1.82) is 0 Å². The second-order valence-electron chi connectivity index (χ2n) is 7.75. The van der Waals surface area contributed by atoms with Crippen LogP contribution in [0.1, 0.15) is 33.6 Å². The van der Waals surface area contributed by atoms with Crippen molar-refractivity contribution in [3.8, 4) is 11.8 Å². The smallest absolute Gasteiger partial charge is 0.167 e. The number of rotatable bonds is 5. The summed E-state index contributed by atoms with van der Waals surface area (Å²) in [5.74, 6) is 7.48. The quantitative estimate of drug-likeness (QED) is 0.340. The molecule has 5 rings (SSSR count). The second kappa shape index (κ2) is 9.31. The molecule has 1 atom stereocenters. The number of carbonyl (C=O) groups excluding carboxylic acids is 1. The first-order valence-electron chi connectivity index (χ1n) is 10.7. The summed E-state index contributed by atoms with van der Waals surface area (Å²) >= 11 is 1.60. The predicted molar refractivity (Wildman–Crippen MR) is 130 cm³/mol. The van der Waals surface area contributed by atoms with Crippen LogP contribution >= 0.6 is 11.3 Å². The normalized spacial score (nSPS) is 15.3. The van der Waals surface area contributed by atoms with E-state index < -0.39 is 0 Å². The van der Waals surface area contributed by atoms with Crippen molar-refractivity contribution in [2.75, 3.05) is 11.9 Å². The summed E-state index contributed by atoms with van der Waals surface area (Å²) in [6.07, 6.45) is 4.24. The van der Waals surface area contributed by atoms with Crippen molar-refractivity contribution in [3.05, 3.63) is 83.0 Å². The number of benzene rings is 2. The zero-order valence-corrected chi connectivity index (χ0v) is 18.3. The van der Waals surface area contributed by atoms with Gasteiger partial charge in [0.15, 0.2) is 11.6 Å². The van der Waals surface area contributed by atoms with Crippen molar-refractivity contribution < 1.29 is 4.79 Å². The molecule has 1 saturated heterocycles. The average molecular weight is 439 g/mol. The molecule has 32 heavy (non-hydrogen) atoms. The predicted octanol–water partition coefficient (Wildman–Crippen LogP) is 4.96. The van der Waals surface area contributed by atoms with E-state index in [0.717, 1.165) is 50.7 Å². The number of Topliss-reactive ketones (excluding diaryl/α,β-unsaturated/α-hetero) is 1. The Balaban J connectivity index is 1.30. The molecule has 1 aliphatic rings. The van der Waals surface area contributed by atoms with E-state index in [0.29, 0.717) is 6.42 Å². The van der Waals surface area contributed by atoms with Gasteiger partial charge in [0, 0.05) is 17.7 Å². The van der Waals surface area contributed by atoms with Crippen molar-refractivity contribution in [2.45, 2.75) is 25.3 Å². The highest BCUT2D eigenvalue weighted by Gasteiger charge is 2.12. The fourth-order valence-corrected chi connectivity index (χ4v) is 4.64. The molecule has 3 heterocycles. The lowest BCUT2D eigenvalue weighted by Gasteiger charge is -2.07. The first-order chi connectivity index (χ1) is 15.7. The maximum atomic E-state index is 12.4. The summed E-state index contributed by atoms with van der Waals surface area (Å²) in [4.78, 5) is 22.3. The number of carbonyl (C=O) groups is 1. The van der Waals surface area contributed by atoms with E-state index in [1.807, 2.05) is 60.7 Å². The SMILES string of the molecule is O=C(Cc1ccc(Nc2ncnc3cc(C#C[C@H]4CCCN4)sc23)cc1)c1ccccc1. The van der Waals surface area contributed by atoms with E-state index in [-0.39, 0.29) is 11.8 Å². The topological polar surface area (TPSA) is 66.9 Å². The van der Waals surface area contributed by atoms with Gasteiger partial charge < -0.3 is 10.6 Å². The van der Waals surface area contributed by atoms with E-state index in [1.165, 1.54) is 6.42 Å². The molecular formula is C26H22N4OS. The fourth-order valence-electron chi connectivity index (χ4n) is 3.73.